The van der Waals surface area contributed by atoms with E-state index in [9.17, 15) is 8.42 Å². The van der Waals surface area contributed by atoms with Gasteiger partial charge in [0.2, 0.25) is 10.0 Å². The third kappa shape index (κ3) is 3.75. The molecule has 0 bridgehead atoms. The molecule has 2 rings (SSSR count). The van der Waals surface area contributed by atoms with Gasteiger partial charge in [0.05, 0.1) is 5.69 Å². The molecule has 0 saturated heterocycles. The Morgan fingerprint density at radius 2 is 1.86 bits per heavy atom. The maximum absolute atomic E-state index is 12.6. The number of anilines is 1. The molecule has 21 heavy (non-hydrogen) atoms. The molecule has 2 atom stereocenters. The SMILES string of the molecule is CC(C)C1CCCCC1NS(=O)(=O)c1ccccc1NN. The van der Waals surface area contributed by atoms with Crippen LogP contribution in [-0.4, -0.2) is 14.5 Å². The molecule has 1 aliphatic rings. The summed E-state index contributed by atoms with van der Waals surface area (Å²) in [5.74, 6) is 6.28. The molecule has 0 heterocycles. The van der Waals surface area contributed by atoms with Crippen molar-refractivity contribution < 1.29 is 8.42 Å². The summed E-state index contributed by atoms with van der Waals surface area (Å²) in [5, 5.41) is 0. The van der Waals surface area contributed by atoms with Crippen LogP contribution in [0.3, 0.4) is 0 Å². The largest absolute Gasteiger partial charge is 0.323 e. The van der Waals surface area contributed by atoms with Gasteiger partial charge in [-0.2, -0.15) is 0 Å². The van der Waals surface area contributed by atoms with E-state index in [4.69, 9.17) is 5.84 Å². The van der Waals surface area contributed by atoms with Crippen molar-refractivity contribution in [3.63, 3.8) is 0 Å². The minimum absolute atomic E-state index is 0.00887. The first kappa shape index (κ1) is 16.3. The molecule has 6 heteroatoms. The number of para-hydroxylation sites is 1. The van der Waals surface area contributed by atoms with Gasteiger partial charge in [0.25, 0.3) is 0 Å². The van der Waals surface area contributed by atoms with Gasteiger partial charge < -0.3 is 5.43 Å². The molecule has 0 amide bonds. The lowest BCUT2D eigenvalue weighted by Gasteiger charge is -2.34. The molecular formula is C15H25N3O2S. The van der Waals surface area contributed by atoms with Gasteiger partial charge in [0, 0.05) is 6.04 Å². The maximum atomic E-state index is 12.6. The van der Waals surface area contributed by atoms with Gasteiger partial charge in [-0.3, -0.25) is 5.84 Å². The normalized spacial score (nSPS) is 23.2. The fourth-order valence-electron chi connectivity index (χ4n) is 3.19. The molecule has 1 aliphatic carbocycles. The van der Waals surface area contributed by atoms with Crippen LogP contribution in [0, 0.1) is 11.8 Å². The van der Waals surface area contributed by atoms with Crippen LogP contribution in [0.15, 0.2) is 29.2 Å². The topological polar surface area (TPSA) is 84.2 Å². The van der Waals surface area contributed by atoms with Gasteiger partial charge in [-0.05, 0) is 36.8 Å². The summed E-state index contributed by atoms with van der Waals surface area (Å²) >= 11 is 0. The number of hydrazine groups is 1. The monoisotopic (exact) mass is 311 g/mol. The number of sulfonamides is 1. The second kappa shape index (κ2) is 6.77. The fourth-order valence-corrected chi connectivity index (χ4v) is 4.68. The molecule has 1 aromatic carbocycles. The zero-order valence-electron chi connectivity index (χ0n) is 12.7. The molecule has 1 fully saturated rings. The number of nitrogen functional groups attached to an aromatic ring is 1. The van der Waals surface area contributed by atoms with E-state index < -0.39 is 10.0 Å². The van der Waals surface area contributed by atoms with Crippen molar-refractivity contribution in [2.75, 3.05) is 5.43 Å². The van der Waals surface area contributed by atoms with Crippen LogP contribution in [0.1, 0.15) is 39.5 Å². The lowest BCUT2D eigenvalue weighted by Crippen LogP contribution is -2.44. The van der Waals surface area contributed by atoms with Gasteiger partial charge in [0.1, 0.15) is 4.90 Å². The smallest absolute Gasteiger partial charge is 0.242 e. The van der Waals surface area contributed by atoms with Crippen LogP contribution >= 0.6 is 0 Å². The van der Waals surface area contributed by atoms with Crippen LogP contribution in [0.5, 0.6) is 0 Å². The highest BCUT2D eigenvalue weighted by molar-refractivity contribution is 7.89. The van der Waals surface area contributed by atoms with Crippen molar-refractivity contribution in [1.29, 1.82) is 0 Å². The molecule has 118 valence electrons. The average Bonchev–Trinajstić information content (AvgIpc) is 2.47. The molecule has 1 saturated carbocycles. The van der Waals surface area contributed by atoms with Gasteiger partial charge >= 0.3 is 0 Å². The Balaban J connectivity index is 2.24. The van der Waals surface area contributed by atoms with Gasteiger partial charge in [-0.25, -0.2) is 13.1 Å². The number of hydrogen-bond donors (Lipinski definition) is 3. The molecule has 0 radical (unpaired) electrons. The molecule has 0 aliphatic heterocycles. The van der Waals surface area contributed by atoms with Crippen LogP contribution in [0.4, 0.5) is 5.69 Å². The van der Waals surface area contributed by atoms with Gasteiger partial charge in [0.15, 0.2) is 0 Å². The Hall–Kier alpha value is -1.11. The van der Waals surface area contributed by atoms with E-state index in [2.05, 4.69) is 24.0 Å². The van der Waals surface area contributed by atoms with Gasteiger partial charge in [-0.15, -0.1) is 0 Å². The van der Waals surface area contributed by atoms with Crippen LogP contribution < -0.4 is 16.0 Å². The van der Waals surface area contributed by atoms with Crippen molar-refractivity contribution in [2.45, 2.75) is 50.5 Å². The summed E-state index contributed by atoms with van der Waals surface area (Å²) < 4.78 is 28.2. The molecule has 0 spiro atoms. The van der Waals surface area contributed by atoms with E-state index in [0.717, 1.165) is 19.3 Å². The van der Waals surface area contributed by atoms with E-state index in [1.807, 2.05) is 0 Å². The Morgan fingerprint density at radius 3 is 2.52 bits per heavy atom. The second-order valence-electron chi connectivity index (χ2n) is 6.06. The third-order valence-electron chi connectivity index (χ3n) is 4.31. The van der Waals surface area contributed by atoms with Gasteiger partial charge in [-0.1, -0.05) is 38.8 Å². The Kier molecular flexibility index (Phi) is 5.24. The number of rotatable bonds is 5. The Bertz CT molecular complexity index is 572. The van der Waals surface area contributed by atoms with E-state index in [0.29, 0.717) is 17.5 Å². The average molecular weight is 311 g/mol. The lowest BCUT2D eigenvalue weighted by atomic mass is 9.78. The van der Waals surface area contributed by atoms with Crippen LogP contribution in [-0.2, 0) is 10.0 Å². The predicted octanol–water partition coefficient (Wildman–Crippen LogP) is 2.47. The van der Waals surface area contributed by atoms with Crippen LogP contribution in [0.2, 0.25) is 0 Å². The fraction of sp³-hybridized carbons (Fsp3) is 0.600. The summed E-state index contributed by atoms with van der Waals surface area (Å²) in [5.41, 5.74) is 2.87. The quantitative estimate of drug-likeness (QED) is 0.576. The van der Waals surface area contributed by atoms with E-state index in [1.165, 1.54) is 6.42 Å². The van der Waals surface area contributed by atoms with Crippen molar-refractivity contribution in [1.82, 2.24) is 4.72 Å². The number of hydrogen-bond acceptors (Lipinski definition) is 4. The van der Waals surface area contributed by atoms with Crippen LogP contribution in [0.25, 0.3) is 0 Å². The first-order valence-electron chi connectivity index (χ1n) is 7.53. The molecule has 0 aromatic heterocycles. The molecule has 2 unspecified atom stereocenters. The van der Waals surface area contributed by atoms with E-state index in [-0.39, 0.29) is 10.9 Å². The molecule has 4 N–H and O–H groups in total. The Labute approximate surface area is 127 Å². The maximum Gasteiger partial charge on any atom is 0.242 e. The van der Waals surface area contributed by atoms with Crippen molar-refractivity contribution in [3.8, 4) is 0 Å². The summed E-state index contributed by atoms with van der Waals surface area (Å²) in [6.07, 6.45) is 4.25. The first-order chi connectivity index (χ1) is 9.95. The van der Waals surface area contributed by atoms with E-state index in [1.54, 1.807) is 24.3 Å². The minimum Gasteiger partial charge on any atom is -0.323 e. The summed E-state index contributed by atoms with van der Waals surface area (Å²) in [6.45, 7) is 4.32. The molecule has 1 aromatic rings. The second-order valence-corrected chi connectivity index (χ2v) is 7.74. The minimum atomic E-state index is -3.56. The first-order valence-corrected chi connectivity index (χ1v) is 9.02. The van der Waals surface area contributed by atoms with Crippen molar-refractivity contribution >= 4 is 15.7 Å². The molecule has 5 nitrogen and oxygen atoms in total. The Morgan fingerprint density at radius 1 is 1.19 bits per heavy atom. The van der Waals surface area contributed by atoms with E-state index >= 15 is 0 Å². The summed E-state index contributed by atoms with van der Waals surface area (Å²) in [7, 11) is -3.56. The zero-order chi connectivity index (χ0) is 15.5. The standard InChI is InChI=1S/C15H25N3O2S/c1-11(2)12-7-3-4-8-13(12)18-21(19,20)15-10-6-5-9-14(15)17-16/h5-6,9-13,17-18H,3-4,7-8,16H2,1-2H3. The number of benzene rings is 1. The third-order valence-corrected chi connectivity index (χ3v) is 5.86. The number of nitrogens with two attached hydrogens (primary N) is 1. The highest BCUT2D eigenvalue weighted by atomic mass is 32.2. The highest BCUT2D eigenvalue weighted by Gasteiger charge is 2.31. The number of nitrogens with one attached hydrogen (secondary N) is 2. The predicted molar refractivity (Wildman–Crippen MR) is 85.2 cm³/mol. The lowest BCUT2D eigenvalue weighted by molar-refractivity contribution is 0.226. The summed E-state index contributed by atoms with van der Waals surface area (Å²) in [4.78, 5) is 0.209. The van der Waals surface area contributed by atoms with Crippen molar-refractivity contribution in [2.24, 2.45) is 17.7 Å². The zero-order valence-corrected chi connectivity index (χ0v) is 13.5. The van der Waals surface area contributed by atoms with Crippen molar-refractivity contribution in [3.05, 3.63) is 24.3 Å². The highest BCUT2D eigenvalue weighted by Crippen LogP contribution is 2.31. The molecular weight excluding hydrogens is 286 g/mol. The summed E-state index contributed by atoms with van der Waals surface area (Å²) in [6, 6.07) is 6.71.